The second-order valence-corrected chi connectivity index (χ2v) is 6.12. The van der Waals surface area contributed by atoms with E-state index < -0.39 is 0 Å². The van der Waals surface area contributed by atoms with Crippen molar-refractivity contribution in [3.8, 4) is 0 Å². The third-order valence-corrected chi connectivity index (χ3v) is 4.68. The average molecular weight is 318 g/mol. The number of aryl methyl sites for hydroxylation is 1. The molecule has 2 aromatic heterocycles. The molecule has 116 valence electrons. The highest BCUT2D eigenvalue weighted by Crippen LogP contribution is 2.22. The smallest absolute Gasteiger partial charge is 0.322 e. The Bertz CT molecular complexity index is 703. The first kappa shape index (κ1) is 14.6. The Balaban J connectivity index is 1.60. The molecule has 3 heterocycles. The zero-order chi connectivity index (χ0) is 15.5. The largest absolute Gasteiger partial charge is 0.360 e. The fourth-order valence-corrected chi connectivity index (χ4v) is 3.25. The first-order chi connectivity index (χ1) is 10.6. The number of urea groups is 1. The van der Waals surface area contributed by atoms with Crippen molar-refractivity contribution in [1.29, 1.82) is 0 Å². The highest BCUT2D eigenvalue weighted by molar-refractivity contribution is 7.14. The van der Waals surface area contributed by atoms with Gasteiger partial charge >= 0.3 is 6.03 Å². The average Bonchev–Trinajstić information content (AvgIpc) is 3.06. The fourth-order valence-electron chi connectivity index (χ4n) is 2.47. The van der Waals surface area contributed by atoms with Crippen LogP contribution in [0.1, 0.15) is 0 Å². The Morgan fingerprint density at radius 2 is 1.95 bits per heavy atom. The minimum absolute atomic E-state index is 0.201. The lowest BCUT2D eigenvalue weighted by Crippen LogP contribution is -2.50. The van der Waals surface area contributed by atoms with Gasteiger partial charge in [-0.3, -0.25) is 4.79 Å². The van der Waals surface area contributed by atoms with E-state index in [1.165, 1.54) is 9.57 Å². The Kier molecular flexibility index (Phi) is 4.15. The molecule has 0 saturated carbocycles. The SMILES string of the molecule is Cn1cccc(NC(=O)N2CCN(c3cccs3)CC2)c1=O. The number of aromatic nitrogens is 1. The lowest BCUT2D eigenvalue weighted by Gasteiger charge is -2.35. The molecule has 0 unspecified atom stereocenters. The van der Waals surface area contributed by atoms with Crippen LogP contribution in [-0.4, -0.2) is 41.7 Å². The summed E-state index contributed by atoms with van der Waals surface area (Å²) >= 11 is 1.71. The summed E-state index contributed by atoms with van der Waals surface area (Å²) in [7, 11) is 1.66. The van der Waals surface area contributed by atoms with Crippen molar-refractivity contribution in [2.45, 2.75) is 0 Å². The zero-order valence-electron chi connectivity index (χ0n) is 12.4. The van der Waals surface area contributed by atoms with Crippen LogP contribution in [0.2, 0.25) is 0 Å². The summed E-state index contributed by atoms with van der Waals surface area (Å²) < 4.78 is 1.45. The Morgan fingerprint density at radius 1 is 1.18 bits per heavy atom. The molecule has 7 heteroatoms. The molecule has 2 amide bonds. The lowest BCUT2D eigenvalue weighted by molar-refractivity contribution is 0.208. The van der Waals surface area contributed by atoms with E-state index in [1.54, 1.807) is 41.6 Å². The number of nitrogens with zero attached hydrogens (tertiary/aromatic N) is 3. The molecule has 1 aliphatic rings. The van der Waals surface area contributed by atoms with Gasteiger partial charge < -0.3 is 19.7 Å². The maximum Gasteiger partial charge on any atom is 0.322 e. The van der Waals surface area contributed by atoms with Crippen LogP contribution in [0.3, 0.4) is 0 Å². The molecular formula is C15H18N4O2S. The van der Waals surface area contributed by atoms with E-state index in [0.29, 0.717) is 18.8 Å². The summed E-state index contributed by atoms with van der Waals surface area (Å²) in [5.74, 6) is 0. The van der Waals surface area contributed by atoms with Crippen LogP contribution in [0, 0.1) is 0 Å². The van der Waals surface area contributed by atoms with E-state index in [9.17, 15) is 9.59 Å². The third-order valence-electron chi connectivity index (χ3n) is 3.75. The summed E-state index contributed by atoms with van der Waals surface area (Å²) in [6.07, 6.45) is 1.66. The van der Waals surface area contributed by atoms with E-state index in [1.807, 2.05) is 6.07 Å². The monoisotopic (exact) mass is 318 g/mol. The Morgan fingerprint density at radius 3 is 2.64 bits per heavy atom. The standard InChI is InChI=1S/C15H18N4O2S/c1-17-6-2-4-12(14(17)20)16-15(21)19-9-7-18(8-10-19)13-5-3-11-22-13/h2-6,11H,7-10H2,1H3,(H,16,21). The molecular weight excluding hydrogens is 300 g/mol. The van der Waals surface area contributed by atoms with E-state index >= 15 is 0 Å². The van der Waals surface area contributed by atoms with Crippen molar-refractivity contribution in [2.24, 2.45) is 7.05 Å². The van der Waals surface area contributed by atoms with Crippen molar-refractivity contribution in [3.05, 3.63) is 46.2 Å². The summed E-state index contributed by atoms with van der Waals surface area (Å²) in [4.78, 5) is 28.2. The number of thiophene rings is 1. The van der Waals surface area contributed by atoms with Gasteiger partial charge in [0.1, 0.15) is 5.69 Å². The van der Waals surface area contributed by atoms with Gasteiger partial charge in [0.15, 0.2) is 0 Å². The molecule has 1 N–H and O–H groups in total. The fraction of sp³-hybridized carbons (Fsp3) is 0.333. The summed E-state index contributed by atoms with van der Waals surface area (Å²) in [5.41, 5.74) is 0.115. The van der Waals surface area contributed by atoms with Crippen LogP contribution in [0.25, 0.3) is 0 Å². The molecule has 1 aliphatic heterocycles. The lowest BCUT2D eigenvalue weighted by atomic mass is 10.3. The molecule has 22 heavy (non-hydrogen) atoms. The number of anilines is 2. The number of amides is 2. The molecule has 0 aromatic carbocycles. The van der Waals surface area contributed by atoms with Crippen LogP contribution < -0.4 is 15.8 Å². The van der Waals surface area contributed by atoms with Gasteiger partial charge in [-0.1, -0.05) is 0 Å². The normalized spacial score (nSPS) is 15.0. The number of piperazine rings is 1. The van der Waals surface area contributed by atoms with Crippen LogP contribution in [0.5, 0.6) is 0 Å². The topological polar surface area (TPSA) is 57.6 Å². The quantitative estimate of drug-likeness (QED) is 0.918. The van der Waals surface area contributed by atoms with Gasteiger partial charge in [0.2, 0.25) is 0 Å². The van der Waals surface area contributed by atoms with E-state index in [2.05, 4.69) is 21.7 Å². The van der Waals surface area contributed by atoms with Crippen LogP contribution in [-0.2, 0) is 7.05 Å². The van der Waals surface area contributed by atoms with Gasteiger partial charge in [-0.15, -0.1) is 11.3 Å². The molecule has 6 nitrogen and oxygen atoms in total. The van der Waals surface area contributed by atoms with Crippen molar-refractivity contribution >= 4 is 28.1 Å². The van der Waals surface area contributed by atoms with Crippen LogP contribution in [0.4, 0.5) is 15.5 Å². The molecule has 0 spiro atoms. The number of rotatable bonds is 2. The minimum Gasteiger partial charge on any atom is -0.360 e. The molecule has 0 atom stereocenters. The Hall–Kier alpha value is -2.28. The molecule has 0 aliphatic carbocycles. The second kappa shape index (κ2) is 6.23. The van der Waals surface area contributed by atoms with Crippen molar-refractivity contribution in [2.75, 3.05) is 36.4 Å². The number of hydrogen-bond acceptors (Lipinski definition) is 4. The third kappa shape index (κ3) is 2.99. The molecule has 3 rings (SSSR count). The van der Waals surface area contributed by atoms with Gasteiger partial charge in [0.05, 0.1) is 5.00 Å². The predicted molar refractivity (Wildman–Crippen MR) is 88.8 cm³/mol. The van der Waals surface area contributed by atoms with Crippen LogP contribution in [0.15, 0.2) is 40.6 Å². The van der Waals surface area contributed by atoms with Gasteiger partial charge in [0, 0.05) is 39.4 Å². The number of carbonyl (C=O) groups excluding carboxylic acids is 1. The summed E-state index contributed by atoms with van der Waals surface area (Å²) in [5, 5.41) is 6.00. The zero-order valence-corrected chi connectivity index (χ0v) is 13.2. The molecule has 2 aromatic rings. The number of carbonyl (C=O) groups is 1. The highest BCUT2D eigenvalue weighted by Gasteiger charge is 2.22. The molecule has 1 saturated heterocycles. The molecule has 1 fully saturated rings. The maximum absolute atomic E-state index is 12.3. The first-order valence-corrected chi connectivity index (χ1v) is 8.03. The Labute approximate surface area is 132 Å². The second-order valence-electron chi connectivity index (χ2n) is 5.19. The summed E-state index contributed by atoms with van der Waals surface area (Å²) in [6, 6.07) is 7.28. The van der Waals surface area contributed by atoms with Crippen molar-refractivity contribution in [3.63, 3.8) is 0 Å². The number of pyridine rings is 1. The molecule has 0 radical (unpaired) electrons. The van der Waals surface area contributed by atoms with Gasteiger partial charge in [-0.2, -0.15) is 0 Å². The first-order valence-electron chi connectivity index (χ1n) is 7.15. The van der Waals surface area contributed by atoms with E-state index in [-0.39, 0.29) is 11.6 Å². The van der Waals surface area contributed by atoms with Crippen molar-refractivity contribution in [1.82, 2.24) is 9.47 Å². The minimum atomic E-state index is -0.214. The van der Waals surface area contributed by atoms with E-state index in [0.717, 1.165) is 13.1 Å². The van der Waals surface area contributed by atoms with Gasteiger partial charge in [-0.25, -0.2) is 4.79 Å². The highest BCUT2D eigenvalue weighted by atomic mass is 32.1. The molecule has 0 bridgehead atoms. The van der Waals surface area contributed by atoms with Gasteiger partial charge in [-0.05, 0) is 29.6 Å². The van der Waals surface area contributed by atoms with Crippen molar-refractivity contribution < 1.29 is 4.79 Å². The van der Waals surface area contributed by atoms with E-state index in [4.69, 9.17) is 0 Å². The maximum atomic E-state index is 12.3. The van der Waals surface area contributed by atoms with Gasteiger partial charge in [0.25, 0.3) is 5.56 Å². The number of hydrogen-bond donors (Lipinski definition) is 1. The predicted octanol–water partition coefficient (Wildman–Crippen LogP) is 1.80. The summed E-state index contributed by atoms with van der Waals surface area (Å²) in [6.45, 7) is 2.91. The number of nitrogens with one attached hydrogen (secondary N) is 1. The van der Waals surface area contributed by atoms with Crippen LogP contribution >= 0.6 is 11.3 Å².